The molecule has 4 aromatic rings. The summed E-state index contributed by atoms with van der Waals surface area (Å²) in [6, 6.07) is 18.6. The molecule has 1 amide bonds. The van der Waals surface area contributed by atoms with Crippen molar-refractivity contribution in [2.45, 2.75) is 0 Å². The van der Waals surface area contributed by atoms with Crippen molar-refractivity contribution in [3.05, 3.63) is 82.3 Å². The van der Waals surface area contributed by atoms with Crippen LogP contribution in [0.1, 0.15) is 5.56 Å². The summed E-state index contributed by atoms with van der Waals surface area (Å²) in [5, 5.41) is 3.66. The molecule has 30 heavy (non-hydrogen) atoms. The van der Waals surface area contributed by atoms with Gasteiger partial charge in [-0.25, -0.2) is 4.98 Å². The van der Waals surface area contributed by atoms with Gasteiger partial charge in [0.25, 0.3) is 0 Å². The Hall–Kier alpha value is -3.28. The van der Waals surface area contributed by atoms with Crippen LogP contribution in [0.25, 0.3) is 28.5 Å². The number of halogens is 2. The fourth-order valence-electron chi connectivity index (χ4n) is 3.07. The number of imidazole rings is 1. The molecule has 7 heteroatoms. The molecule has 1 heterocycles. The van der Waals surface area contributed by atoms with E-state index in [1.54, 1.807) is 18.2 Å². The summed E-state index contributed by atoms with van der Waals surface area (Å²) in [5.41, 5.74) is 4.10. The van der Waals surface area contributed by atoms with Crippen LogP contribution >= 0.6 is 23.2 Å². The first-order chi connectivity index (χ1) is 14.5. The Labute approximate surface area is 183 Å². The Morgan fingerprint density at radius 2 is 1.87 bits per heavy atom. The lowest BCUT2D eigenvalue weighted by Crippen LogP contribution is -2.07. The summed E-state index contributed by atoms with van der Waals surface area (Å²) in [7, 11) is 1.51. The Kier molecular flexibility index (Phi) is 5.74. The number of methoxy groups -OCH3 is 1. The van der Waals surface area contributed by atoms with Crippen molar-refractivity contribution in [3.8, 4) is 17.1 Å². The number of H-pyrrole nitrogens is 1. The summed E-state index contributed by atoms with van der Waals surface area (Å²) < 4.78 is 5.28. The van der Waals surface area contributed by atoms with Crippen LogP contribution in [0.15, 0.2) is 66.7 Å². The lowest BCUT2D eigenvalue weighted by molar-refractivity contribution is -0.111. The molecule has 0 atom stereocenters. The second kappa shape index (κ2) is 8.61. The van der Waals surface area contributed by atoms with Crippen LogP contribution in [-0.4, -0.2) is 23.0 Å². The van der Waals surface area contributed by atoms with Gasteiger partial charge in [0.1, 0.15) is 11.6 Å². The Balaban J connectivity index is 1.47. The van der Waals surface area contributed by atoms with Gasteiger partial charge in [-0.2, -0.15) is 0 Å². The number of benzene rings is 3. The third kappa shape index (κ3) is 4.32. The number of rotatable bonds is 5. The molecule has 0 aliphatic carbocycles. The molecule has 0 saturated heterocycles. The van der Waals surface area contributed by atoms with Gasteiger partial charge in [0.15, 0.2) is 0 Å². The largest absolute Gasteiger partial charge is 0.495 e. The number of amides is 1. The number of hydrogen-bond donors (Lipinski definition) is 2. The highest BCUT2D eigenvalue weighted by atomic mass is 35.5. The highest BCUT2D eigenvalue weighted by molar-refractivity contribution is 6.36. The standard InChI is InChI=1S/C23H17Cl2N3O2/c1-30-22-15(12-16(24)13-18(22)25)8-11-21(29)26-17-9-6-14(7-10-17)23-27-19-4-2-3-5-20(19)28-23/h2-13H,1H3,(H,26,29)(H,27,28). The number of nitrogens with one attached hydrogen (secondary N) is 2. The van der Waals surface area contributed by atoms with E-state index in [9.17, 15) is 4.79 Å². The molecule has 0 saturated carbocycles. The number of para-hydroxylation sites is 2. The van der Waals surface area contributed by atoms with E-state index in [4.69, 9.17) is 27.9 Å². The maximum atomic E-state index is 12.3. The summed E-state index contributed by atoms with van der Waals surface area (Å²) in [4.78, 5) is 20.2. The van der Waals surface area contributed by atoms with Crippen molar-refractivity contribution in [1.29, 1.82) is 0 Å². The van der Waals surface area contributed by atoms with E-state index in [0.29, 0.717) is 27.0 Å². The second-order valence-corrected chi connectivity index (χ2v) is 7.36. The van der Waals surface area contributed by atoms with Crippen LogP contribution in [0.2, 0.25) is 10.0 Å². The van der Waals surface area contributed by atoms with Crippen molar-refractivity contribution in [2.24, 2.45) is 0 Å². The fourth-order valence-corrected chi connectivity index (χ4v) is 3.66. The number of aromatic amines is 1. The van der Waals surface area contributed by atoms with Gasteiger partial charge >= 0.3 is 0 Å². The van der Waals surface area contributed by atoms with Crippen LogP contribution in [0, 0.1) is 0 Å². The average Bonchev–Trinajstić information content (AvgIpc) is 3.17. The van der Waals surface area contributed by atoms with Gasteiger partial charge in [-0.05, 0) is 54.6 Å². The third-order valence-corrected chi connectivity index (χ3v) is 4.97. The van der Waals surface area contributed by atoms with E-state index in [2.05, 4.69) is 15.3 Å². The van der Waals surface area contributed by atoms with Crippen molar-refractivity contribution in [1.82, 2.24) is 9.97 Å². The third-order valence-electron chi connectivity index (χ3n) is 4.47. The molecular weight excluding hydrogens is 421 g/mol. The Morgan fingerprint density at radius 1 is 1.10 bits per heavy atom. The van der Waals surface area contributed by atoms with Crippen LogP contribution in [-0.2, 0) is 4.79 Å². The molecule has 0 unspecified atom stereocenters. The number of fused-ring (bicyclic) bond motifs is 1. The van der Waals surface area contributed by atoms with Crippen molar-refractivity contribution < 1.29 is 9.53 Å². The number of hydrogen-bond acceptors (Lipinski definition) is 3. The van der Waals surface area contributed by atoms with E-state index < -0.39 is 0 Å². The smallest absolute Gasteiger partial charge is 0.248 e. The van der Waals surface area contributed by atoms with Crippen LogP contribution in [0.5, 0.6) is 5.75 Å². The maximum absolute atomic E-state index is 12.3. The molecular formula is C23H17Cl2N3O2. The molecule has 0 aliphatic rings. The molecule has 0 spiro atoms. The molecule has 0 bridgehead atoms. The number of ether oxygens (including phenoxy) is 1. The molecule has 5 nitrogen and oxygen atoms in total. The number of carbonyl (C=O) groups excluding carboxylic acids is 1. The minimum atomic E-state index is -0.287. The summed E-state index contributed by atoms with van der Waals surface area (Å²) in [5.74, 6) is 0.948. The number of nitrogens with zero attached hydrogens (tertiary/aromatic N) is 1. The first kappa shape index (κ1) is 20.0. The predicted molar refractivity (Wildman–Crippen MR) is 122 cm³/mol. The van der Waals surface area contributed by atoms with Gasteiger partial charge in [0.05, 0.1) is 23.2 Å². The zero-order valence-electron chi connectivity index (χ0n) is 15.9. The lowest BCUT2D eigenvalue weighted by atomic mass is 10.1. The molecule has 2 N–H and O–H groups in total. The van der Waals surface area contributed by atoms with Crippen LogP contribution in [0.4, 0.5) is 5.69 Å². The Bertz CT molecular complexity index is 1210. The van der Waals surface area contributed by atoms with E-state index in [1.165, 1.54) is 13.2 Å². The predicted octanol–water partition coefficient (Wildman–Crippen LogP) is 6.20. The fraction of sp³-hybridized carbons (Fsp3) is 0.0435. The summed E-state index contributed by atoms with van der Waals surface area (Å²) in [6.45, 7) is 0. The number of anilines is 1. The molecule has 0 radical (unpaired) electrons. The van der Waals surface area contributed by atoms with Gasteiger partial charge < -0.3 is 15.0 Å². The molecule has 4 rings (SSSR count). The molecule has 0 aliphatic heterocycles. The van der Waals surface area contributed by atoms with Gasteiger partial charge in [-0.3, -0.25) is 4.79 Å². The molecule has 1 aromatic heterocycles. The zero-order valence-corrected chi connectivity index (χ0v) is 17.5. The van der Waals surface area contributed by atoms with Crippen molar-refractivity contribution in [2.75, 3.05) is 12.4 Å². The Morgan fingerprint density at radius 3 is 2.60 bits per heavy atom. The van der Waals surface area contributed by atoms with Gasteiger partial charge in [0, 0.05) is 27.9 Å². The van der Waals surface area contributed by atoms with E-state index in [-0.39, 0.29) is 5.91 Å². The first-order valence-electron chi connectivity index (χ1n) is 9.11. The average molecular weight is 438 g/mol. The van der Waals surface area contributed by atoms with Gasteiger partial charge in [-0.15, -0.1) is 0 Å². The quantitative estimate of drug-likeness (QED) is 0.365. The maximum Gasteiger partial charge on any atom is 0.248 e. The van der Waals surface area contributed by atoms with Crippen molar-refractivity contribution >= 4 is 51.9 Å². The minimum absolute atomic E-state index is 0.287. The van der Waals surface area contributed by atoms with Crippen LogP contribution in [0.3, 0.4) is 0 Å². The van der Waals surface area contributed by atoms with Gasteiger partial charge in [-0.1, -0.05) is 35.3 Å². The normalized spacial score (nSPS) is 11.2. The zero-order chi connectivity index (χ0) is 21.1. The molecule has 0 fully saturated rings. The number of aromatic nitrogens is 2. The van der Waals surface area contributed by atoms with Gasteiger partial charge in [0.2, 0.25) is 5.91 Å². The van der Waals surface area contributed by atoms with E-state index in [0.717, 1.165) is 22.4 Å². The highest BCUT2D eigenvalue weighted by Gasteiger charge is 2.09. The highest BCUT2D eigenvalue weighted by Crippen LogP contribution is 2.33. The minimum Gasteiger partial charge on any atom is -0.495 e. The van der Waals surface area contributed by atoms with Crippen molar-refractivity contribution in [3.63, 3.8) is 0 Å². The second-order valence-electron chi connectivity index (χ2n) is 6.51. The van der Waals surface area contributed by atoms with E-state index in [1.807, 2.05) is 48.5 Å². The molecule has 150 valence electrons. The monoisotopic (exact) mass is 437 g/mol. The van der Waals surface area contributed by atoms with Crippen LogP contribution < -0.4 is 10.1 Å². The summed E-state index contributed by atoms with van der Waals surface area (Å²) in [6.07, 6.45) is 3.01. The first-order valence-corrected chi connectivity index (χ1v) is 9.86. The topological polar surface area (TPSA) is 67.0 Å². The van der Waals surface area contributed by atoms with E-state index >= 15 is 0 Å². The molecule has 3 aromatic carbocycles. The number of carbonyl (C=O) groups is 1. The lowest BCUT2D eigenvalue weighted by Gasteiger charge is -2.08. The SMILES string of the molecule is COc1c(Cl)cc(Cl)cc1C=CC(=O)Nc1ccc(-c2nc3ccccc3[nH]2)cc1. The summed E-state index contributed by atoms with van der Waals surface area (Å²) >= 11 is 12.2.